The van der Waals surface area contributed by atoms with E-state index in [1.54, 1.807) is 32.0 Å². The zero-order valence-electron chi connectivity index (χ0n) is 11.6. The quantitative estimate of drug-likeness (QED) is 0.825. The molecule has 7 heteroatoms. The van der Waals surface area contributed by atoms with E-state index in [0.29, 0.717) is 17.3 Å². The number of anilines is 1. The Kier molecular flexibility index (Phi) is 4.39. The molecule has 2 rings (SSSR count). The molecular weight excluding hydrogens is 360 g/mol. The first-order chi connectivity index (χ1) is 9.87. The number of hydrogen-bond acceptors (Lipinski definition) is 3. The summed E-state index contributed by atoms with van der Waals surface area (Å²) in [5.74, 6) is -1.09. The van der Waals surface area contributed by atoms with Gasteiger partial charge in [-0.3, -0.25) is 14.9 Å². The van der Waals surface area contributed by atoms with Crippen LogP contribution in [-0.2, 0) is 9.59 Å². The highest BCUT2D eigenvalue weighted by Gasteiger charge is 2.52. The van der Waals surface area contributed by atoms with E-state index < -0.39 is 23.3 Å². The number of halogens is 2. The van der Waals surface area contributed by atoms with Crippen LogP contribution in [-0.4, -0.2) is 17.8 Å². The summed E-state index contributed by atoms with van der Waals surface area (Å²) in [7, 11) is 0. The molecule has 0 radical (unpaired) electrons. The summed E-state index contributed by atoms with van der Waals surface area (Å²) in [4.78, 5) is 37.9. The van der Waals surface area contributed by atoms with Gasteiger partial charge in [0, 0.05) is 4.47 Å². The first-order valence-corrected chi connectivity index (χ1v) is 7.69. The maximum Gasteiger partial charge on any atom is 0.335 e. The number of benzene rings is 1. The number of amides is 4. The fraction of sp³-hybridized carbons (Fsp3) is 0.357. The van der Waals surface area contributed by atoms with Gasteiger partial charge in [-0.2, -0.15) is 0 Å². The number of urea groups is 1. The molecule has 112 valence electrons. The molecule has 21 heavy (non-hydrogen) atoms. The van der Waals surface area contributed by atoms with Crippen LogP contribution in [0.15, 0.2) is 22.7 Å². The molecule has 0 spiro atoms. The van der Waals surface area contributed by atoms with Crippen LogP contribution in [0.1, 0.15) is 26.7 Å². The molecule has 0 saturated carbocycles. The lowest BCUT2D eigenvalue weighted by atomic mass is 9.78. The fourth-order valence-corrected chi connectivity index (χ4v) is 2.98. The first kappa shape index (κ1) is 16.0. The Bertz CT molecular complexity index is 629. The standard InChI is InChI=1S/C14H14BrClN2O3/c1-3-14(4-2)11(19)17-13(21)18(12(14)20)10-7-8(15)5-6-9(10)16/h5-7H,3-4H2,1-2H3,(H,17,19,21). The van der Waals surface area contributed by atoms with Gasteiger partial charge < -0.3 is 0 Å². The van der Waals surface area contributed by atoms with Crippen molar-refractivity contribution < 1.29 is 14.4 Å². The minimum Gasteiger partial charge on any atom is -0.276 e. The highest BCUT2D eigenvalue weighted by molar-refractivity contribution is 9.10. The number of rotatable bonds is 3. The van der Waals surface area contributed by atoms with Crippen LogP contribution in [0.4, 0.5) is 10.5 Å². The summed E-state index contributed by atoms with van der Waals surface area (Å²) >= 11 is 9.38. The van der Waals surface area contributed by atoms with E-state index in [0.717, 1.165) is 4.90 Å². The van der Waals surface area contributed by atoms with Crippen molar-refractivity contribution >= 4 is 51.1 Å². The van der Waals surface area contributed by atoms with Crippen LogP contribution in [0.5, 0.6) is 0 Å². The molecule has 0 aliphatic carbocycles. The monoisotopic (exact) mass is 372 g/mol. The third-order valence-corrected chi connectivity index (χ3v) is 4.64. The Balaban J connectivity index is 2.57. The van der Waals surface area contributed by atoms with Crippen molar-refractivity contribution in [2.24, 2.45) is 5.41 Å². The van der Waals surface area contributed by atoms with Gasteiger partial charge in [-0.05, 0) is 31.0 Å². The van der Waals surface area contributed by atoms with E-state index in [1.807, 2.05) is 0 Å². The molecule has 0 aromatic heterocycles. The van der Waals surface area contributed by atoms with Crippen molar-refractivity contribution in [3.8, 4) is 0 Å². The Morgan fingerprint density at radius 2 is 1.86 bits per heavy atom. The average Bonchev–Trinajstić information content (AvgIpc) is 2.44. The Morgan fingerprint density at radius 3 is 2.43 bits per heavy atom. The molecule has 1 heterocycles. The number of hydrogen-bond donors (Lipinski definition) is 1. The molecule has 1 saturated heterocycles. The van der Waals surface area contributed by atoms with Crippen LogP contribution >= 0.6 is 27.5 Å². The van der Waals surface area contributed by atoms with Crippen molar-refractivity contribution in [3.63, 3.8) is 0 Å². The summed E-state index contributed by atoms with van der Waals surface area (Å²) < 4.78 is 0.679. The number of imide groups is 2. The number of carbonyl (C=O) groups is 3. The second-order valence-electron chi connectivity index (χ2n) is 4.78. The predicted molar refractivity (Wildman–Crippen MR) is 83.2 cm³/mol. The third kappa shape index (κ3) is 2.46. The Labute approximate surface area is 135 Å². The second-order valence-corrected chi connectivity index (χ2v) is 6.11. The van der Waals surface area contributed by atoms with Crippen LogP contribution in [0, 0.1) is 5.41 Å². The zero-order valence-corrected chi connectivity index (χ0v) is 13.9. The number of nitrogens with one attached hydrogen (secondary N) is 1. The van der Waals surface area contributed by atoms with Crippen molar-refractivity contribution in [1.29, 1.82) is 0 Å². The van der Waals surface area contributed by atoms with E-state index in [2.05, 4.69) is 21.2 Å². The van der Waals surface area contributed by atoms with Gasteiger partial charge in [0.15, 0.2) is 0 Å². The molecule has 1 aliphatic rings. The minimum atomic E-state index is -1.24. The highest BCUT2D eigenvalue weighted by Crippen LogP contribution is 2.37. The molecule has 1 aromatic carbocycles. The molecule has 0 bridgehead atoms. The fourth-order valence-electron chi connectivity index (χ4n) is 2.43. The van der Waals surface area contributed by atoms with Gasteiger partial charge in [0.05, 0.1) is 10.7 Å². The molecule has 5 nitrogen and oxygen atoms in total. The summed E-state index contributed by atoms with van der Waals surface area (Å²) in [6, 6.07) is 4.09. The minimum absolute atomic E-state index is 0.257. The van der Waals surface area contributed by atoms with Gasteiger partial charge in [0.25, 0.3) is 5.91 Å². The molecule has 1 N–H and O–H groups in total. The Morgan fingerprint density at radius 1 is 1.24 bits per heavy atom. The van der Waals surface area contributed by atoms with Gasteiger partial charge in [0.1, 0.15) is 5.41 Å². The lowest BCUT2D eigenvalue weighted by Crippen LogP contribution is -2.64. The summed E-state index contributed by atoms with van der Waals surface area (Å²) in [6.07, 6.45) is 0.618. The lowest BCUT2D eigenvalue weighted by molar-refractivity contribution is -0.143. The van der Waals surface area contributed by atoms with E-state index in [4.69, 9.17) is 11.6 Å². The van der Waals surface area contributed by atoms with E-state index >= 15 is 0 Å². The van der Waals surface area contributed by atoms with Gasteiger partial charge >= 0.3 is 6.03 Å². The number of carbonyl (C=O) groups excluding carboxylic acids is 3. The van der Waals surface area contributed by atoms with Crippen molar-refractivity contribution in [2.75, 3.05) is 4.90 Å². The van der Waals surface area contributed by atoms with Crippen molar-refractivity contribution in [3.05, 3.63) is 27.7 Å². The molecule has 0 atom stereocenters. The topological polar surface area (TPSA) is 66.5 Å². The largest absolute Gasteiger partial charge is 0.335 e. The van der Waals surface area contributed by atoms with Gasteiger partial charge in [-0.1, -0.05) is 41.4 Å². The van der Waals surface area contributed by atoms with Crippen LogP contribution in [0.3, 0.4) is 0 Å². The first-order valence-electron chi connectivity index (χ1n) is 6.52. The van der Waals surface area contributed by atoms with Gasteiger partial charge in [-0.25, -0.2) is 9.69 Å². The van der Waals surface area contributed by atoms with Gasteiger partial charge in [-0.15, -0.1) is 0 Å². The Hall–Kier alpha value is -1.40. The summed E-state index contributed by atoms with van der Waals surface area (Å²) in [5.41, 5.74) is -0.980. The smallest absolute Gasteiger partial charge is 0.276 e. The molecular formula is C14H14BrClN2O3. The van der Waals surface area contributed by atoms with Crippen LogP contribution in [0.2, 0.25) is 5.02 Å². The van der Waals surface area contributed by atoms with E-state index in [-0.39, 0.29) is 10.7 Å². The normalized spacial score (nSPS) is 17.9. The molecule has 4 amide bonds. The van der Waals surface area contributed by atoms with E-state index in [9.17, 15) is 14.4 Å². The third-order valence-electron chi connectivity index (χ3n) is 3.83. The van der Waals surface area contributed by atoms with Gasteiger partial charge in [0.2, 0.25) is 5.91 Å². The number of barbiturate groups is 1. The number of nitrogens with zero attached hydrogens (tertiary/aromatic N) is 1. The average molecular weight is 374 g/mol. The molecule has 1 aromatic rings. The summed E-state index contributed by atoms with van der Waals surface area (Å²) in [6.45, 7) is 3.49. The van der Waals surface area contributed by atoms with Crippen molar-refractivity contribution in [1.82, 2.24) is 5.32 Å². The lowest BCUT2D eigenvalue weighted by Gasteiger charge is -2.38. The maximum atomic E-state index is 12.8. The maximum absolute atomic E-state index is 12.8. The van der Waals surface area contributed by atoms with Crippen molar-refractivity contribution in [2.45, 2.75) is 26.7 Å². The molecule has 0 unspecified atom stereocenters. The predicted octanol–water partition coefficient (Wildman–Crippen LogP) is 3.49. The highest BCUT2D eigenvalue weighted by atomic mass is 79.9. The zero-order chi connectivity index (χ0) is 15.8. The molecule has 1 aliphatic heterocycles. The second kappa shape index (κ2) is 5.77. The summed E-state index contributed by atoms with van der Waals surface area (Å²) in [5, 5.41) is 2.51. The van der Waals surface area contributed by atoms with Crippen LogP contribution < -0.4 is 10.2 Å². The molecule has 1 fully saturated rings. The van der Waals surface area contributed by atoms with E-state index in [1.165, 1.54) is 0 Å². The van der Waals surface area contributed by atoms with Crippen LogP contribution in [0.25, 0.3) is 0 Å². The SMILES string of the molecule is CCC1(CC)C(=O)NC(=O)N(c2cc(Br)ccc2Cl)C1=O.